The second-order valence-corrected chi connectivity index (χ2v) is 7.87. The highest BCUT2D eigenvalue weighted by molar-refractivity contribution is 7.99. The Hall–Kier alpha value is -2.32. The van der Waals surface area contributed by atoms with Crippen LogP contribution in [0.2, 0.25) is 0 Å². The van der Waals surface area contributed by atoms with Crippen LogP contribution in [0.3, 0.4) is 0 Å². The molecule has 1 aliphatic rings. The first kappa shape index (κ1) is 19.4. The number of carbonyl (C=O) groups is 2. The predicted octanol–water partition coefficient (Wildman–Crippen LogP) is 1.55. The number of aliphatic hydroxyl groups excluding tert-OH is 1. The van der Waals surface area contributed by atoms with E-state index in [-0.39, 0.29) is 30.6 Å². The lowest BCUT2D eigenvalue weighted by atomic mass is 10.2. The highest BCUT2D eigenvalue weighted by Crippen LogP contribution is 2.19. The lowest BCUT2D eigenvalue weighted by Gasteiger charge is -2.15. The summed E-state index contributed by atoms with van der Waals surface area (Å²) in [5, 5.41) is 16.6. The van der Waals surface area contributed by atoms with Gasteiger partial charge in [0.25, 0.3) is 11.8 Å². The largest absolute Gasteiger partial charge is 0.389 e. The number of carbonyl (C=O) groups excluding carboxylic acids is 2. The zero-order valence-electron chi connectivity index (χ0n) is 15.5. The van der Waals surface area contributed by atoms with E-state index in [0.717, 1.165) is 12.2 Å². The Kier molecular flexibility index (Phi) is 6.18. The number of nitrogens with one attached hydrogen (secondary N) is 1. The van der Waals surface area contributed by atoms with Gasteiger partial charge >= 0.3 is 0 Å². The molecule has 1 aromatic heterocycles. The highest BCUT2D eigenvalue weighted by Gasteiger charge is 2.25. The van der Waals surface area contributed by atoms with Gasteiger partial charge in [0.1, 0.15) is 5.69 Å². The summed E-state index contributed by atoms with van der Waals surface area (Å²) in [5.74, 6) is 0.364. The summed E-state index contributed by atoms with van der Waals surface area (Å²) < 4.78 is 1.40. The summed E-state index contributed by atoms with van der Waals surface area (Å²) in [4.78, 5) is 27.4. The van der Waals surface area contributed by atoms with E-state index in [0.29, 0.717) is 12.2 Å². The predicted molar refractivity (Wildman–Crippen MR) is 104 cm³/mol. The highest BCUT2D eigenvalue weighted by atomic mass is 32.2. The molecule has 0 aliphatic carbocycles. The Morgan fingerprint density at radius 2 is 2.15 bits per heavy atom. The minimum atomic E-state index is -0.713. The summed E-state index contributed by atoms with van der Waals surface area (Å²) in [6.07, 6.45) is 0.141. The Morgan fingerprint density at radius 1 is 1.41 bits per heavy atom. The number of aliphatic hydroxyl groups is 1. The molecule has 27 heavy (non-hydrogen) atoms. The molecule has 7 nitrogen and oxygen atoms in total. The Morgan fingerprint density at radius 3 is 2.89 bits per heavy atom. The van der Waals surface area contributed by atoms with Crippen LogP contribution < -0.4 is 5.32 Å². The smallest absolute Gasteiger partial charge is 0.274 e. The summed E-state index contributed by atoms with van der Waals surface area (Å²) in [7, 11) is 1.73. The van der Waals surface area contributed by atoms with Gasteiger partial charge in [0.05, 0.1) is 12.6 Å². The van der Waals surface area contributed by atoms with Gasteiger partial charge in [-0.25, -0.2) is 0 Å². The molecule has 2 N–H and O–H groups in total. The van der Waals surface area contributed by atoms with Gasteiger partial charge < -0.3 is 15.3 Å². The molecule has 144 valence electrons. The number of amides is 2. The number of nitrogens with zero attached hydrogens (tertiary/aromatic N) is 3. The molecule has 0 bridgehead atoms. The first-order valence-corrected chi connectivity index (χ1v) is 9.91. The number of hydrogen-bond acceptors (Lipinski definition) is 5. The number of benzene rings is 1. The van der Waals surface area contributed by atoms with Crippen molar-refractivity contribution in [2.24, 2.45) is 0 Å². The van der Waals surface area contributed by atoms with E-state index in [4.69, 9.17) is 0 Å². The molecule has 0 radical (unpaired) electrons. The molecule has 0 saturated heterocycles. The fourth-order valence-electron chi connectivity index (χ4n) is 2.83. The Balaban J connectivity index is 1.53. The number of hydrogen-bond donors (Lipinski definition) is 2. The molecular formula is C19H24N4O3S. The van der Waals surface area contributed by atoms with Crippen molar-refractivity contribution in [1.82, 2.24) is 20.0 Å². The van der Waals surface area contributed by atoms with Crippen molar-refractivity contribution in [3.05, 3.63) is 47.3 Å². The molecule has 1 unspecified atom stereocenters. The monoisotopic (exact) mass is 388 g/mol. The Bertz CT molecular complexity index is 819. The molecule has 1 aromatic carbocycles. The molecule has 3 rings (SSSR count). The van der Waals surface area contributed by atoms with Crippen molar-refractivity contribution in [2.45, 2.75) is 30.9 Å². The Labute approximate surface area is 162 Å². The van der Waals surface area contributed by atoms with Gasteiger partial charge in [0.15, 0.2) is 5.69 Å². The molecule has 0 fully saturated rings. The minimum absolute atomic E-state index is 0.185. The fourth-order valence-corrected chi connectivity index (χ4v) is 3.67. The molecule has 8 heteroatoms. The molecule has 2 amide bonds. The lowest BCUT2D eigenvalue weighted by molar-refractivity contribution is 0.0787. The fraction of sp³-hybridized carbons (Fsp3) is 0.421. The summed E-state index contributed by atoms with van der Waals surface area (Å²) >= 11 is 1.77. The lowest BCUT2D eigenvalue weighted by Crippen LogP contribution is -2.30. The van der Waals surface area contributed by atoms with Crippen LogP contribution in [0.4, 0.5) is 0 Å². The van der Waals surface area contributed by atoms with E-state index in [9.17, 15) is 14.7 Å². The van der Waals surface area contributed by atoms with Gasteiger partial charge in [-0.3, -0.25) is 14.3 Å². The number of thioether (sulfide) groups is 1. The van der Waals surface area contributed by atoms with E-state index >= 15 is 0 Å². The van der Waals surface area contributed by atoms with Crippen molar-refractivity contribution in [2.75, 3.05) is 25.9 Å². The number of aryl methyl sites for hydroxylation is 1. The second kappa shape index (κ2) is 8.58. The van der Waals surface area contributed by atoms with Crippen LogP contribution in [0.25, 0.3) is 0 Å². The van der Waals surface area contributed by atoms with Crippen LogP contribution in [-0.2, 0) is 6.54 Å². The van der Waals surface area contributed by atoms with Crippen LogP contribution >= 0.6 is 11.8 Å². The van der Waals surface area contributed by atoms with Gasteiger partial charge in [-0.2, -0.15) is 5.10 Å². The van der Waals surface area contributed by atoms with Gasteiger partial charge in [-0.05, 0) is 31.2 Å². The zero-order chi connectivity index (χ0) is 19.4. The minimum Gasteiger partial charge on any atom is -0.389 e. The third-order valence-corrected chi connectivity index (χ3v) is 5.49. The maximum atomic E-state index is 12.6. The summed E-state index contributed by atoms with van der Waals surface area (Å²) in [6.45, 7) is 3.05. The van der Waals surface area contributed by atoms with Gasteiger partial charge in [-0.15, -0.1) is 11.8 Å². The van der Waals surface area contributed by atoms with Crippen molar-refractivity contribution in [1.29, 1.82) is 0 Å². The molecule has 2 aromatic rings. The maximum Gasteiger partial charge on any atom is 0.274 e. The summed E-state index contributed by atoms with van der Waals surface area (Å²) in [6, 6.07) is 9.88. The maximum absolute atomic E-state index is 12.6. The van der Waals surface area contributed by atoms with E-state index in [2.05, 4.69) is 41.6 Å². The first-order chi connectivity index (χ1) is 12.9. The molecular weight excluding hydrogens is 364 g/mol. The van der Waals surface area contributed by atoms with Gasteiger partial charge in [-0.1, -0.05) is 17.7 Å². The van der Waals surface area contributed by atoms with E-state index in [1.807, 2.05) is 0 Å². The van der Waals surface area contributed by atoms with Crippen LogP contribution in [0, 0.1) is 6.92 Å². The standard InChI is InChI=1S/C19H24N4O3S/c1-13-4-6-15(7-5-13)27-9-3-8-22(2)19(26)16-10-17-18(25)20-11-14(24)12-23(17)21-16/h4-7,10,14,24H,3,8-9,11-12H2,1-2H3,(H,20,25). The van der Waals surface area contributed by atoms with Gasteiger partial charge in [0.2, 0.25) is 0 Å². The molecule has 2 heterocycles. The average molecular weight is 388 g/mol. The quantitative estimate of drug-likeness (QED) is 0.579. The zero-order valence-corrected chi connectivity index (χ0v) is 16.3. The van der Waals surface area contributed by atoms with Crippen LogP contribution in [0.5, 0.6) is 0 Å². The second-order valence-electron chi connectivity index (χ2n) is 6.70. The topological polar surface area (TPSA) is 87.5 Å². The van der Waals surface area contributed by atoms with Crippen molar-refractivity contribution >= 4 is 23.6 Å². The summed E-state index contributed by atoms with van der Waals surface area (Å²) in [5.41, 5.74) is 1.77. The van der Waals surface area contributed by atoms with Crippen LogP contribution in [-0.4, -0.2) is 63.6 Å². The van der Waals surface area contributed by atoms with Crippen molar-refractivity contribution in [3.63, 3.8) is 0 Å². The van der Waals surface area contributed by atoms with E-state index in [1.165, 1.54) is 21.2 Å². The van der Waals surface area contributed by atoms with E-state index < -0.39 is 6.10 Å². The SMILES string of the molecule is Cc1ccc(SCCCN(C)C(=O)c2cc3n(n2)CC(O)CNC3=O)cc1. The molecule has 1 atom stereocenters. The third kappa shape index (κ3) is 4.90. The van der Waals surface area contributed by atoms with E-state index in [1.54, 1.807) is 23.7 Å². The number of rotatable bonds is 6. The third-order valence-electron chi connectivity index (χ3n) is 4.39. The number of fused-ring (bicyclic) bond motifs is 1. The first-order valence-electron chi connectivity index (χ1n) is 8.93. The van der Waals surface area contributed by atoms with Crippen LogP contribution in [0.15, 0.2) is 35.2 Å². The number of aromatic nitrogens is 2. The number of β-amino-alcohol motifs (C(OH)–C–C–N with tert-alkyl or cyclic N) is 1. The molecule has 0 saturated carbocycles. The molecule has 1 aliphatic heterocycles. The van der Waals surface area contributed by atoms with Crippen LogP contribution in [0.1, 0.15) is 33.0 Å². The van der Waals surface area contributed by atoms with Gasteiger partial charge in [0, 0.05) is 31.1 Å². The molecule has 0 spiro atoms. The van der Waals surface area contributed by atoms with Crippen molar-refractivity contribution in [3.8, 4) is 0 Å². The average Bonchev–Trinajstić information content (AvgIpc) is 3.02. The normalized spacial score (nSPS) is 16.4. The van der Waals surface area contributed by atoms with Crippen molar-refractivity contribution < 1.29 is 14.7 Å².